The van der Waals surface area contributed by atoms with Gasteiger partial charge in [0.15, 0.2) is 0 Å². The van der Waals surface area contributed by atoms with Crippen molar-refractivity contribution in [2.75, 3.05) is 0 Å². The molecule has 0 fully saturated rings. The minimum Gasteiger partial charge on any atom is -0.489 e. The lowest BCUT2D eigenvalue weighted by Gasteiger charge is -2.07. The van der Waals surface area contributed by atoms with E-state index in [0.29, 0.717) is 5.75 Å². The summed E-state index contributed by atoms with van der Waals surface area (Å²) in [5, 5.41) is 14.7. The first kappa shape index (κ1) is 21.7. The zero-order valence-electron chi connectivity index (χ0n) is 17.4. The summed E-state index contributed by atoms with van der Waals surface area (Å²) in [6.07, 6.45) is 1.81. The molecule has 1 N–H and O–H groups in total. The number of rotatable bonds is 8. The van der Waals surface area contributed by atoms with Crippen LogP contribution in [0.4, 0.5) is 5.69 Å². The highest BCUT2D eigenvalue weighted by atomic mass is 16.6. The van der Waals surface area contributed by atoms with Gasteiger partial charge >= 0.3 is 0 Å². The van der Waals surface area contributed by atoms with Gasteiger partial charge in [0.25, 0.3) is 5.69 Å². The lowest BCUT2D eigenvalue weighted by atomic mass is 10.0. The standard InChI is InChI=1S/C24H23N3O4/c1-17-6-7-20(12-18(17)2)14-24(28)26-25-15-21-4-3-5-23(13-21)31-16-19-8-10-22(11-9-19)27(29)30/h3-13,15H,14,16H2,1-2H3,(H,26,28). The van der Waals surface area contributed by atoms with E-state index in [9.17, 15) is 14.9 Å². The molecule has 0 aliphatic carbocycles. The number of carbonyl (C=O) groups is 1. The Bertz CT molecular complexity index is 1110. The highest BCUT2D eigenvalue weighted by molar-refractivity contribution is 5.83. The first-order valence-corrected chi connectivity index (χ1v) is 9.75. The molecule has 0 spiro atoms. The number of hydrogen-bond donors (Lipinski definition) is 1. The second-order valence-corrected chi connectivity index (χ2v) is 7.17. The number of nitrogens with zero attached hydrogens (tertiary/aromatic N) is 2. The van der Waals surface area contributed by atoms with Crippen LogP contribution in [0.25, 0.3) is 0 Å². The SMILES string of the molecule is Cc1ccc(CC(=O)NN=Cc2cccc(OCc3ccc([N+](=O)[O-])cc3)c2)cc1C. The number of carbonyl (C=O) groups excluding carboxylic acids is 1. The van der Waals surface area contributed by atoms with Crippen molar-refractivity contribution in [3.63, 3.8) is 0 Å². The lowest BCUT2D eigenvalue weighted by Crippen LogP contribution is -2.19. The summed E-state index contributed by atoms with van der Waals surface area (Å²) >= 11 is 0. The van der Waals surface area contributed by atoms with E-state index in [2.05, 4.69) is 10.5 Å². The number of non-ortho nitro benzene ring substituents is 1. The molecule has 0 unspecified atom stereocenters. The summed E-state index contributed by atoms with van der Waals surface area (Å²) in [5.41, 5.74) is 7.46. The predicted octanol–water partition coefficient (Wildman–Crippen LogP) is 4.48. The van der Waals surface area contributed by atoms with Crippen LogP contribution in [0.3, 0.4) is 0 Å². The highest BCUT2D eigenvalue weighted by Crippen LogP contribution is 2.16. The summed E-state index contributed by atoms with van der Waals surface area (Å²) in [6.45, 7) is 4.34. The molecule has 158 valence electrons. The molecule has 0 aromatic heterocycles. The lowest BCUT2D eigenvalue weighted by molar-refractivity contribution is -0.384. The quantitative estimate of drug-likeness (QED) is 0.332. The van der Waals surface area contributed by atoms with Crippen molar-refractivity contribution >= 4 is 17.8 Å². The number of amides is 1. The van der Waals surface area contributed by atoms with Crippen molar-refractivity contribution in [3.8, 4) is 5.75 Å². The third kappa shape index (κ3) is 6.50. The minimum absolute atomic E-state index is 0.0431. The molecule has 0 heterocycles. The molecule has 0 saturated carbocycles. The summed E-state index contributed by atoms with van der Waals surface area (Å²) in [6, 6.07) is 19.4. The van der Waals surface area contributed by atoms with Crippen molar-refractivity contribution < 1.29 is 14.5 Å². The van der Waals surface area contributed by atoms with E-state index >= 15 is 0 Å². The Morgan fingerprint density at radius 2 is 1.77 bits per heavy atom. The zero-order valence-corrected chi connectivity index (χ0v) is 17.4. The maximum absolute atomic E-state index is 12.1. The van der Waals surface area contributed by atoms with Crippen molar-refractivity contribution in [1.29, 1.82) is 0 Å². The van der Waals surface area contributed by atoms with Gasteiger partial charge in [0.1, 0.15) is 12.4 Å². The number of ether oxygens (including phenoxy) is 1. The Hall–Kier alpha value is -4.00. The van der Waals surface area contributed by atoms with Crippen LogP contribution < -0.4 is 10.2 Å². The monoisotopic (exact) mass is 417 g/mol. The number of nitrogens with one attached hydrogen (secondary N) is 1. The van der Waals surface area contributed by atoms with Gasteiger partial charge in [-0.25, -0.2) is 5.43 Å². The molecule has 3 rings (SSSR count). The fraction of sp³-hybridized carbons (Fsp3) is 0.167. The second kappa shape index (κ2) is 10.2. The van der Waals surface area contributed by atoms with Gasteiger partial charge in [-0.2, -0.15) is 5.10 Å². The number of benzene rings is 3. The molecule has 3 aromatic rings. The van der Waals surface area contributed by atoms with Crippen molar-refractivity contribution in [1.82, 2.24) is 5.43 Å². The molecule has 31 heavy (non-hydrogen) atoms. The second-order valence-electron chi connectivity index (χ2n) is 7.17. The highest BCUT2D eigenvalue weighted by Gasteiger charge is 2.05. The summed E-state index contributed by atoms with van der Waals surface area (Å²) in [4.78, 5) is 22.4. The number of hydrogen-bond acceptors (Lipinski definition) is 5. The topological polar surface area (TPSA) is 93.8 Å². The Balaban J connectivity index is 1.52. The molecule has 0 bridgehead atoms. The van der Waals surface area contributed by atoms with Gasteiger partial charge in [0.05, 0.1) is 17.6 Å². The van der Waals surface area contributed by atoms with Gasteiger partial charge in [-0.15, -0.1) is 0 Å². The summed E-state index contributed by atoms with van der Waals surface area (Å²) in [7, 11) is 0. The van der Waals surface area contributed by atoms with Gasteiger partial charge < -0.3 is 4.74 Å². The van der Waals surface area contributed by atoms with Crippen molar-refractivity contribution in [2.45, 2.75) is 26.9 Å². The Morgan fingerprint density at radius 1 is 1.03 bits per heavy atom. The Labute approximate surface area is 180 Å². The summed E-state index contributed by atoms with van der Waals surface area (Å²) < 4.78 is 5.74. The third-order valence-electron chi connectivity index (χ3n) is 4.75. The van der Waals surface area contributed by atoms with E-state index in [4.69, 9.17) is 4.74 Å². The van der Waals surface area contributed by atoms with Crippen LogP contribution in [-0.2, 0) is 17.8 Å². The van der Waals surface area contributed by atoms with Crippen LogP contribution in [0.5, 0.6) is 5.75 Å². The van der Waals surface area contributed by atoms with Gasteiger partial charge in [0, 0.05) is 12.1 Å². The van der Waals surface area contributed by atoms with Crippen LogP contribution in [-0.4, -0.2) is 17.0 Å². The first-order valence-electron chi connectivity index (χ1n) is 9.75. The fourth-order valence-corrected chi connectivity index (χ4v) is 2.88. The zero-order chi connectivity index (χ0) is 22.2. The van der Waals surface area contributed by atoms with E-state index in [-0.39, 0.29) is 24.6 Å². The molecule has 0 radical (unpaired) electrons. The molecule has 7 nitrogen and oxygen atoms in total. The molecule has 0 aliphatic rings. The van der Waals surface area contributed by atoms with Gasteiger partial charge in [-0.3, -0.25) is 14.9 Å². The van der Waals surface area contributed by atoms with Crippen LogP contribution in [0.2, 0.25) is 0 Å². The molecular weight excluding hydrogens is 394 g/mol. The van der Waals surface area contributed by atoms with Crippen molar-refractivity contribution in [2.24, 2.45) is 5.10 Å². The molecule has 1 amide bonds. The van der Waals surface area contributed by atoms with E-state index < -0.39 is 4.92 Å². The largest absolute Gasteiger partial charge is 0.489 e. The van der Waals surface area contributed by atoms with E-state index in [0.717, 1.165) is 22.3 Å². The first-order chi connectivity index (χ1) is 14.9. The van der Waals surface area contributed by atoms with Gasteiger partial charge in [-0.05, 0) is 65.9 Å². The van der Waals surface area contributed by atoms with E-state index in [1.165, 1.54) is 17.7 Å². The predicted molar refractivity (Wildman–Crippen MR) is 119 cm³/mol. The summed E-state index contributed by atoms with van der Waals surface area (Å²) in [5.74, 6) is 0.439. The van der Waals surface area contributed by atoms with Gasteiger partial charge in [0.2, 0.25) is 5.91 Å². The number of hydrazone groups is 1. The Kier molecular flexibility index (Phi) is 7.11. The molecule has 0 aliphatic heterocycles. The van der Waals surface area contributed by atoms with Crippen LogP contribution in [0.1, 0.15) is 27.8 Å². The van der Waals surface area contributed by atoms with Gasteiger partial charge in [-0.1, -0.05) is 30.3 Å². The molecular formula is C24H23N3O4. The van der Waals surface area contributed by atoms with Crippen molar-refractivity contribution in [3.05, 3.63) is 105 Å². The molecule has 0 saturated heterocycles. The Morgan fingerprint density at radius 3 is 2.48 bits per heavy atom. The molecule has 3 aromatic carbocycles. The molecule has 0 atom stereocenters. The number of nitro benzene ring substituents is 1. The number of nitro groups is 1. The van der Waals surface area contributed by atoms with Crippen LogP contribution >= 0.6 is 0 Å². The maximum Gasteiger partial charge on any atom is 0.269 e. The normalized spacial score (nSPS) is 10.8. The van der Waals surface area contributed by atoms with Crippen LogP contribution in [0.15, 0.2) is 71.8 Å². The number of aryl methyl sites for hydroxylation is 2. The minimum atomic E-state index is -0.436. The third-order valence-corrected chi connectivity index (χ3v) is 4.75. The van der Waals surface area contributed by atoms with E-state index in [1.54, 1.807) is 30.5 Å². The maximum atomic E-state index is 12.1. The smallest absolute Gasteiger partial charge is 0.269 e. The average molecular weight is 417 g/mol. The average Bonchev–Trinajstić information content (AvgIpc) is 2.75. The van der Waals surface area contributed by atoms with E-state index in [1.807, 2.05) is 44.2 Å². The van der Waals surface area contributed by atoms with Crippen LogP contribution in [0, 0.1) is 24.0 Å². The fourth-order valence-electron chi connectivity index (χ4n) is 2.88. The molecule has 7 heteroatoms.